The number of halogens is 2. The minimum atomic E-state index is 0.680. The van der Waals surface area contributed by atoms with Crippen molar-refractivity contribution in [3.05, 3.63) is 40.6 Å². The largest absolute Gasteiger partial charge is 0.0938 e. The average molecular weight is 203 g/mol. The summed E-state index contributed by atoms with van der Waals surface area (Å²) in [4.78, 5) is 0. The van der Waals surface area contributed by atoms with Crippen LogP contribution in [0.5, 0.6) is 0 Å². The summed E-state index contributed by atoms with van der Waals surface area (Å²) in [6, 6.07) is 9.73. The zero-order chi connectivity index (χ0) is 8.27. The van der Waals surface area contributed by atoms with Gasteiger partial charge in [-0.25, -0.2) is 0 Å². The summed E-state index contributed by atoms with van der Waals surface area (Å²) in [7, 11) is 0.801. The molecule has 0 radical (unpaired) electrons. The smallest absolute Gasteiger partial charge is 0.0570 e. The van der Waals surface area contributed by atoms with Gasteiger partial charge >= 0.3 is 0 Å². The second-order valence-corrected chi connectivity index (χ2v) is 4.79. The fraction of sp³-hybridized carbons (Fsp3) is 0. The summed E-state index contributed by atoms with van der Waals surface area (Å²) in [5.74, 6) is 0. The van der Waals surface area contributed by atoms with Crippen molar-refractivity contribution in [3.8, 4) is 0 Å². The van der Waals surface area contributed by atoms with Gasteiger partial charge in [-0.1, -0.05) is 53.5 Å². The topological polar surface area (TPSA) is 0 Å². The molecular weight excluding hydrogens is 195 g/mol. The van der Waals surface area contributed by atoms with Gasteiger partial charge in [-0.05, 0) is 5.56 Å². The summed E-state index contributed by atoms with van der Waals surface area (Å²) in [6.07, 6.45) is 0. The Morgan fingerprint density at radius 3 is 2.09 bits per heavy atom. The fourth-order valence-electron chi connectivity index (χ4n) is 0.783. The quantitative estimate of drug-likeness (QED) is 0.613. The van der Waals surface area contributed by atoms with Crippen LogP contribution in [0.15, 0.2) is 35.0 Å². The van der Waals surface area contributed by atoms with E-state index in [1.54, 1.807) is 0 Å². The molecule has 1 aromatic carbocycles. The van der Waals surface area contributed by atoms with Gasteiger partial charge in [0.15, 0.2) is 0 Å². The first-order chi connectivity index (χ1) is 5.22. The second kappa shape index (κ2) is 3.95. The van der Waals surface area contributed by atoms with Gasteiger partial charge in [0, 0.05) is 4.66 Å². The monoisotopic (exact) mass is 202 g/mol. The van der Waals surface area contributed by atoms with Gasteiger partial charge < -0.3 is 0 Å². The molecule has 11 heavy (non-hydrogen) atoms. The van der Waals surface area contributed by atoms with Gasteiger partial charge in [-0.15, -0.1) is 0 Å². The molecule has 0 aliphatic heterocycles. The van der Waals surface area contributed by atoms with Crippen LogP contribution in [0.4, 0.5) is 0 Å². The molecule has 0 N–H and O–H groups in total. The maximum absolute atomic E-state index is 5.92. The third-order valence-electron chi connectivity index (χ3n) is 1.33. The Bertz CT molecular complexity index is 263. The molecule has 0 nitrogen and oxygen atoms in total. The highest BCUT2D eigenvalue weighted by Gasteiger charge is 1.98. The van der Waals surface area contributed by atoms with Gasteiger partial charge in [0.05, 0.1) is 15.3 Å². The SMILES string of the molecule is [SiH3]C(Cl)=C(Cl)c1ccccc1. The third-order valence-corrected chi connectivity index (χ3v) is 2.93. The Morgan fingerprint density at radius 1 is 1.09 bits per heavy atom. The fourth-order valence-corrected chi connectivity index (χ4v) is 1.31. The van der Waals surface area contributed by atoms with Crippen molar-refractivity contribution in [2.24, 2.45) is 0 Å². The van der Waals surface area contributed by atoms with Crippen molar-refractivity contribution >= 4 is 38.5 Å². The first kappa shape index (κ1) is 8.85. The van der Waals surface area contributed by atoms with E-state index in [0.29, 0.717) is 5.03 Å². The van der Waals surface area contributed by atoms with Gasteiger partial charge in [-0.2, -0.15) is 0 Å². The Kier molecular flexibility index (Phi) is 3.18. The predicted molar refractivity (Wildman–Crippen MR) is 55.0 cm³/mol. The van der Waals surface area contributed by atoms with Crippen LogP contribution in [0.25, 0.3) is 5.03 Å². The van der Waals surface area contributed by atoms with Crippen molar-refractivity contribution < 1.29 is 0 Å². The van der Waals surface area contributed by atoms with Gasteiger partial charge in [0.1, 0.15) is 0 Å². The van der Waals surface area contributed by atoms with E-state index in [1.807, 2.05) is 30.3 Å². The number of benzene rings is 1. The van der Waals surface area contributed by atoms with E-state index in [4.69, 9.17) is 23.2 Å². The summed E-state index contributed by atoms with van der Waals surface area (Å²) in [5.41, 5.74) is 0.995. The average Bonchev–Trinajstić information content (AvgIpc) is 2.05. The Morgan fingerprint density at radius 2 is 1.64 bits per heavy atom. The summed E-state index contributed by atoms with van der Waals surface area (Å²) < 4.78 is 0.762. The Hall–Kier alpha value is -0.243. The highest BCUT2D eigenvalue weighted by Crippen LogP contribution is 2.22. The van der Waals surface area contributed by atoms with E-state index >= 15 is 0 Å². The molecule has 3 heteroatoms. The van der Waals surface area contributed by atoms with E-state index in [9.17, 15) is 0 Å². The molecule has 1 rings (SSSR count). The zero-order valence-electron chi connectivity index (χ0n) is 6.14. The Labute approximate surface area is 79.2 Å². The summed E-state index contributed by atoms with van der Waals surface area (Å²) in [6.45, 7) is 0. The molecule has 0 aliphatic rings. The molecule has 0 heterocycles. The van der Waals surface area contributed by atoms with Crippen LogP contribution in [0.2, 0.25) is 0 Å². The second-order valence-electron chi connectivity index (χ2n) is 2.21. The van der Waals surface area contributed by atoms with Crippen LogP contribution >= 0.6 is 23.2 Å². The van der Waals surface area contributed by atoms with Crippen LogP contribution in [0.3, 0.4) is 0 Å². The lowest BCUT2D eigenvalue weighted by Crippen LogP contribution is -1.78. The van der Waals surface area contributed by atoms with E-state index in [-0.39, 0.29) is 0 Å². The van der Waals surface area contributed by atoms with Crippen LogP contribution < -0.4 is 0 Å². The van der Waals surface area contributed by atoms with Gasteiger partial charge in [-0.3, -0.25) is 0 Å². The van der Waals surface area contributed by atoms with Crippen LogP contribution in [0.1, 0.15) is 5.56 Å². The molecule has 0 saturated carbocycles. The molecule has 0 aromatic heterocycles. The lowest BCUT2D eigenvalue weighted by Gasteiger charge is -1.98. The van der Waals surface area contributed by atoms with E-state index in [0.717, 1.165) is 20.5 Å². The highest BCUT2D eigenvalue weighted by molar-refractivity contribution is 6.64. The van der Waals surface area contributed by atoms with Crippen molar-refractivity contribution in [1.82, 2.24) is 0 Å². The van der Waals surface area contributed by atoms with Crippen molar-refractivity contribution in [3.63, 3.8) is 0 Å². The lowest BCUT2D eigenvalue weighted by molar-refractivity contribution is 1.65. The molecule has 58 valence electrons. The maximum Gasteiger partial charge on any atom is 0.0570 e. The molecule has 0 spiro atoms. The Balaban J connectivity index is 3.04. The first-order valence-corrected chi connectivity index (χ1v) is 5.04. The molecule has 0 bridgehead atoms. The maximum atomic E-state index is 5.92. The minimum absolute atomic E-state index is 0.680. The predicted octanol–water partition coefficient (Wildman–Crippen LogP) is 2.16. The molecular formula is C8H8Cl2Si. The summed E-state index contributed by atoms with van der Waals surface area (Å²) >= 11 is 11.7. The van der Waals surface area contributed by atoms with E-state index < -0.39 is 0 Å². The number of hydrogen-bond donors (Lipinski definition) is 0. The van der Waals surface area contributed by atoms with Crippen LogP contribution in [-0.2, 0) is 0 Å². The number of rotatable bonds is 1. The van der Waals surface area contributed by atoms with Crippen molar-refractivity contribution in [2.75, 3.05) is 0 Å². The zero-order valence-corrected chi connectivity index (χ0v) is 9.65. The minimum Gasteiger partial charge on any atom is -0.0938 e. The normalized spacial score (nSPS) is 12.9. The molecule has 0 amide bonds. The third kappa shape index (κ3) is 2.36. The molecule has 0 fully saturated rings. The molecule has 0 saturated heterocycles. The lowest BCUT2D eigenvalue weighted by atomic mass is 10.2. The van der Waals surface area contributed by atoms with Crippen molar-refractivity contribution in [1.29, 1.82) is 0 Å². The van der Waals surface area contributed by atoms with Crippen LogP contribution in [0, 0.1) is 0 Å². The summed E-state index contributed by atoms with van der Waals surface area (Å²) in [5, 5.41) is 0.680. The van der Waals surface area contributed by atoms with Gasteiger partial charge in [0.25, 0.3) is 0 Å². The van der Waals surface area contributed by atoms with E-state index in [1.165, 1.54) is 0 Å². The highest BCUT2D eigenvalue weighted by atomic mass is 35.5. The van der Waals surface area contributed by atoms with Gasteiger partial charge in [0.2, 0.25) is 0 Å². The molecule has 0 aliphatic carbocycles. The van der Waals surface area contributed by atoms with Crippen LogP contribution in [-0.4, -0.2) is 10.2 Å². The standard InChI is InChI=1S/C8H8Cl2Si/c9-7(8(10)11)6-4-2-1-3-5-6/h1-5H,11H3. The van der Waals surface area contributed by atoms with E-state index in [2.05, 4.69) is 0 Å². The van der Waals surface area contributed by atoms with Crippen molar-refractivity contribution in [2.45, 2.75) is 0 Å². The molecule has 0 unspecified atom stereocenters. The number of hydrogen-bond acceptors (Lipinski definition) is 0. The molecule has 0 atom stereocenters. The first-order valence-electron chi connectivity index (χ1n) is 3.29. The molecule has 1 aromatic rings.